The standard InChI is InChI=1S/C20H37NO6.CH4/c1-25-14-8-5-11-18(22)16-17(20(24)27-3)10-4-7-13-21-19(23)12-6-9-15-26-2;/h17H,4-16H2,1-3H3,(H,21,23);1H4. The van der Waals surface area contributed by atoms with Crippen LogP contribution in [0.2, 0.25) is 0 Å². The molecule has 0 fully saturated rings. The molecule has 0 heterocycles. The molecule has 166 valence electrons. The van der Waals surface area contributed by atoms with Crippen molar-refractivity contribution in [1.29, 1.82) is 0 Å². The first kappa shape index (κ1) is 28.7. The van der Waals surface area contributed by atoms with Gasteiger partial charge in [0.25, 0.3) is 0 Å². The highest BCUT2D eigenvalue weighted by molar-refractivity contribution is 5.84. The van der Waals surface area contributed by atoms with Crippen molar-refractivity contribution in [2.75, 3.05) is 41.1 Å². The second kappa shape index (κ2) is 20.3. The molecule has 1 N–H and O–H groups in total. The van der Waals surface area contributed by atoms with Crippen LogP contribution in [0.25, 0.3) is 0 Å². The van der Waals surface area contributed by atoms with Gasteiger partial charge in [0.2, 0.25) is 5.91 Å². The lowest BCUT2D eigenvalue weighted by molar-refractivity contribution is -0.147. The number of rotatable bonds is 18. The SMILES string of the molecule is C.COCCCCC(=O)CC(CCCCNC(=O)CCCCOC)C(=O)OC. The maximum atomic E-state index is 12.0. The number of esters is 1. The molecule has 0 spiro atoms. The summed E-state index contributed by atoms with van der Waals surface area (Å²) >= 11 is 0. The first-order valence-corrected chi connectivity index (χ1v) is 9.89. The van der Waals surface area contributed by atoms with Crippen LogP contribution in [0, 0.1) is 5.92 Å². The van der Waals surface area contributed by atoms with E-state index in [1.807, 2.05) is 0 Å². The van der Waals surface area contributed by atoms with E-state index < -0.39 is 5.92 Å². The Morgan fingerprint density at radius 1 is 0.821 bits per heavy atom. The van der Waals surface area contributed by atoms with Gasteiger partial charge in [0.1, 0.15) is 5.78 Å². The molecule has 1 unspecified atom stereocenters. The van der Waals surface area contributed by atoms with Gasteiger partial charge in [-0.05, 0) is 38.5 Å². The van der Waals surface area contributed by atoms with Gasteiger partial charge >= 0.3 is 5.97 Å². The van der Waals surface area contributed by atoms with Crippen molar-refractivity contribution in [3.63, 3.8) is 0 Å². The van der Waals surface area contributed by atoms with Crippen LogP contribution in [0.3, 0.4) is 0 Å². The number of Topliss-reactive ketones (excluding diaryl/α,β-unsaturated/α-hetero) is 1. The molecule has 0 aromatic carbocycles. The predicted molar refractivity (Wildman–Crippen MR) is 110 cm³/mol. The van der Waals surface area contributed by atoms with E-state index in [1.165, 1.54) is 7.11 Å². The number of ether oxygens (including phenoxy) is 3. The molecule has 7 nitrogen and oxygen atoms in total. The minimum absolute atomic E-state index is 0. The molecule has 0 radical (unpaired) electrons. The van der Waals surface area contributed by atoms with Crippen LogP contribution in [-0.4, -0.2) is 58.7 Å². The minimum Gasteiger partial charge on any atom is -0.469 e. The lowest BCUT2D eigenvalue weighted by atomic mass is 9.94. The summed E-state index contributed by atoms with van der Waals surface area (Å²) < 4.78 is 14.7. The third kappa shape index (κ3) is 16.7. The van der Waals surface area contributed by atoms with Gasteiger partial charge in [0.15, 0.2) is 0 Å². The molecule has 0 aliphatic carbocycles. The van der Waals surface area contributed by atoms with Crippen molar-refractivity contribution in [2.24, 2.45) is 5.92 Å². The smallest absolute Gasteiger partial charge is 0.309 e. The lowest BCUT2D eigenvalue weighted by Crippen LogP contribution is -2.25. The molecule has 28 heavy (non-hydrogen) atoms. The number of amides is 1. The Balaban J connectivity index is 0. The van der Waals surface area contributed by atoms with Crippen molar-refractivity contribution in [1.82, 2.24) is 5.32 Å². The summed E-state index contributed by atoms with van der Waals surface area (Å²) in [7, 11) is 4.64. The average molecular weight is 404 g/mol. The van der Waals surface area contributed by atoms with E-state index >= 15 is 0 Å². The second-order valence-corrected chi connectivity index (χ2v) is 6.71. The fraction of sp³-hybridized carbons (Fsp3) is 0.857. The Bertz CT molecular complexity index is 414. The zero-order valence-electron chi connectivity index (χ0n) is 17.2. The molecule has 0 aliphatic rings. The van der Waals surface area contributed by atoms with E-state index in [-0.39, 0.29) is 31.5 Å². The van der Waals surface area contributed by atoms with Crippen molar-refractivity contribution < 1.29 is 28.6 Å². The van der Waals surface area contributed by atoms with Gasteiger partial charge in [-0.2, -0.15) is 0 Å². The molecule has 0 aliphatic heterocycles. The number of unbranched alkanes of at least 4 members (excludes halogenated alkanes) is 3. The number of hydrogen-bond acceptors (Lipinski definition) is 6. The number of carbonyl (C=O) groups is 3. The van der Waals surface area contributed by atoms with Crippen LogP contribution in [-0.2, 0) is 28.6 Å². The third-order valence-corrected chi connectivity index (χ3v) is 4.37. The highest BCUT2D eigenvalue weighted by atomic mass is 16.5. The molecule has 0 bridgehead atoms. The summed E-state index contributed by atoms with van der Waals surface area (Å²) in [4.78, 5) is 35.6. The molecule has 0 aromatic heterocycles. The Labute approximate surface area is 170 Å². The molecule has 0 aromatic rings. The maximum Gasteiger partial charge on any atom is 0.309 e. The molecule has 1 amide bonds. The van der Waals surface area contributed by atoms with Crippen LogP contribution in [0.1, 0.15) is 71.6 Å². The Morgan fingerprint density at radius 2 is 1.43 bits per heavy atom. The fourth-order valence-electron chi connectivity index (χ4n) is 2.78. The summed E-state index contributed by atoms with van der Waals surface area (Å²) in [5.41, 5.74) is 0. The van der Waals surface area contributed by atoms with Gasteiger partial charge in [-0.1, -0.05) is 13.8 Å². The van der Waals surface area contributed by atoms with Crippen molar-refractivity contribution >= 4 is 17.7 Å². The first-order chi connectivity index (χ1) is 13.0. The zero-order valence-corrected chi connectivity index (χ0v) is 17.2. The van der Waals surface area contributed by atoms with Gasteiger partial charge in [-0.3, -0.25) is 14.4 Å². The van der Waals surface area contributed by atoms with Gasteiger partial charge in [-0.15, -0.1) is 0 Å². The number of hydrogen-bond donors (Lipinski definition) is 1. The van der Waals surface area contributed by atoms with Gasteiger partial charge < -0.3 is 19.5 Å². The highest BCUT2D eigenvalue weighted by Gasteiger charge is 2.21. The normalized spacial score (nSPS) is 11.4. The fourth-order valence-corrected chi connectivity index (χ4v) is 2.78. The number of ketones is 1. The largest absolute Gasteiger partial charge is 0.469 e. The molecule has 0 saturated heterocycles. The van der Waals surface area contributed by atoms with Crippen molar-refractivity contribution in [2.45, 2.75) is 71.6 Å². The number of carbonyl (C=O) groups excluding carboxylic acids is 3. The summed E-state index contributed by atoms with van der Waals surface area (Å²) in [5, 5.41) is 2.88. The van der Waals surface area contributed by atoms with Gasteiger partial charge in [0.05, 0.1) is 13.0 Å². The van der Waals surface area contributed by atoms with Crippen molar-refractivity contribution in [3.8, 4) is 0 Å². The summed E-state index contributed by atoms with van der Waals surface area (Å²) in [6, 6.07) is 0. The summed E-state index contributed by atoms with van der Waals surface area (Å²) in [5.74, 6) is -0.593. The lowest BCUT2D eigenvalue weighted by Gasteiger charge is -2.14. The van der Waals surface area contributed by atoms with Crippen LogP contribution in [0.4, 0.5) is 0 Å². The Morgan fingerprint density at radius 3 is 2.00 bits per heavy atom. The monoisotopic (exact) mass is 403 g/mol. The van der Waals surface area contributed by atoms with E-state index in [1.54, 1.807) is 14.2 Å². The van der Waals surface area contributed by atoms with Crippen molar-refractivity contribution in [3.05, 3.63) is 0 Å². The van der Waals surface area contributed by atoms with Crippen LogP contribution < -0.4 is 5.32 Å². The quantitative estimate of drug-likeness (QED) is 0.279. The summed E-state index contributed by atoms with van der Waals surface area (Å²) in [6.45, 7) is 1.90. The van der Waals surface area contributed by atoms with Crippen LogP contribution >= 0.6 is 0 Å². The van der Waals surface area contributed by atoms with Crippen LogP contribution in [0.5, 0.6) is 0 Å². The highest BCUT2D eigenvalue weighted by Crippen LogP contribution is 2.17. The molecule has 0 rings (SSSR count). The summed E-state index contributed by atoms with van der Waals surface area (Å²) in [6.07, 6.45) is 6.65. The van der Waals surface area contributed by atoms with Gasteiger partial charge in [0, 0.05) is 53.2 Å². The zero-order chi connectivity index (χ0) is 20.3. The Hall–Kier alpha value is -1.47. The van der Waals surface area contributed by atoms with E-state index in [0.717, 1.165) is 38.5 Å². The molecular weight excluding hydrogens is 362 g/mol. The van der Waals surface area contributed by atoms with E-state index in [4.69, 9.17) is 14.2 Å². The molecule has 0 saturated carbocycles. The minimum atomic E-state index is -0.394. The number of methoxy groups -OCH3 is 3. The predicted octanol–water partition coefficient (Wildman–Crippen LogP) is 3.29. The second-order valence-electron chi connectivity index (χ2n) is 6.71. The first-order valence-electron chi connectivity index (χ1n) is 9.89. The average Bonchev–Trinajstić information content (AvgIpc) is 2.66. The van der Waals surface area contributed by atoms with E-state index in [2.05, 4.69) is 5.32 Å². The van der Waals surface area contributed by atoms with E-state index in [0.29, 0.717) is 39.0 Å². The molecule has 1 atom stereocenters. The maximum absolute atomic E-state index is 12.0. The van der Waals surface area contributed by atoms with Crippen LogP contribution in [0.15, 0.2) is 0 Å². The molecular formula is C21H41NO6. The van der Waals surface area contributed by atoms with Gasteiger partial charge in [-0.25, -0.2) is 0 Å². The molecule has 7 heteroatoms. The third-order valence-electron chi connectivity index (χ3n) is 4.37. The topological polar surface area (TPSA) is 90.9 Å². The Kier molecular flexibility index (Phi) is 20.8. The van der Waals surface area contributed by atoms with E-state index in [9.17, 15) is 14.4 Å². The number of nitrogens with one attached hydrogen (secondary N) is 1.